The summed E-state index contributed by atoms with van der Waals surface area (Å²) in [5.74, 6) is 1.19. The number of hydrogen-bond acceptors (Lipinski definition) is 4. The van der Waals surface area contributed by atoms with Crippen LogP contribution in [-0.2, 0) is 17.9 Å². The maximum atomic E-state index is 12.8. The van der Waals surface area contributed by atoms with Crippen molar-refractivity contribution in [2.24, 2.45) is 0 Å². The number of halogens is 1. The smallest absolute Gasteiger partial charge is 0.244 e. The predicted molar refractivity (Wildman–Crippen MR) is 120 cm³/mol. The molecule has 5 rings (SSSR count). The highest BCUT2D eigenvalue weighted by Crippen LogP contribution is 2.21. The molecule has 0 radical (unpaired) electrons. The number of H-pyrrole nitrogens is 1. The molecule has 5 aromatic rings. The molecular formula is C23H18ClN5O2. The summed E-state index contributed by atoms with van der Waals surface area (Å²) >= 11 is 5.94. The van der Waals surface area contributed by atoms with E-state index in [1.807, 2.05) is 47.0 Å². The number of carbonyl (C=O) groups excluding carboxylic acids is 1. The van der Waals surface area contributed by atoms with Crippen LogP contribution in [0.25, 0.3) is 21.9 Å². The molecule has 0 aliphatic heterocycles. The maximum Gasteiger partial charge on any atom is 0.244 e. The van der Waals surface area contributed by atoms with Gasteiger partial charge in [-0.1, -0.05) is 23.7 Å². The molecule has 0 fully saturated rings. The molecule has 2 aromatic heterocycles. The molecule has 0 saturated heterocycles. The van der Waals surface area contributed by atoms with Gasteiger partial charge in [0.1, 0.15) is 24.7 Å². The number of fused-ring (bicyclic) bond motifs is 2. The van der Waals surface area contributed by atoms with Gasteiger partial charge in [0.15, 0.2) is 0 Å². The number of ether oxygens (including phenoxy) is 1. The number of anilines is 1. The van der Waals surface area contributed by atoms with Crippen molar-refractivity contribution >= 4 is 45.1 Å². The van der Waals surface area contributed by atoms with E-state index >= 15 is 0 Å². The monoisotopic (exact) mass is 431 g/mol. The van der Waals surface area contributed by atoms with E-state index in [0.29, 0.717) is 22.3 Å². The standard InChI is InChI=1S/C23H18ClN5O2/c24-16-5-8-18(9-6-16)31-14-22-27-20-3-1-2-4-21(20)29(22)13-23(30)26-17-7-10-19-15(11-17)12-25-28-19/h1-12H,13-14H2,(H,25,28)(H,26,30). The molecule has 0 bridgehead atoms. The summed E-state index contributed by atoms with van der Waals surface area (Å²) in [6.07, 6.45) is 1.72. The van der Waals surface area contributed by atoms with Gasteiger partial charge < -0.3 is 14.6 Å². The predicted octanol–water partition coefficient (Wildman–Crippen LogP) is 4.78. The zero-order valence-corrected chi connectivity index (χ0v) is 17.1. The number of carbonyl (C=O) groups is 1. The van der Waals surface area contributed by atoms with E-state index in [1.54, 1.807) is 30.5 Å². The van der Waals surface area contributed by atoms with Gasteiger partial charge in [-0.2, -0.15) is 5.10 Å². The van der Waals surface area contributed by atoms with Crippen LogP contribution in [-0.4, -0.2) is 25.7 Å². The highest BCUT2D eigenvalue weighted by Gasteiger charge is 2.15. The average molecular weight is 432 g/mol. The maximum absolute atomic E-state index is 12.8. The molecule has 0 saturated carbocycles. The minimum Gasteiger partial charge on any atom is -0.486 e. The van der Waals surface area contributed by atoms with Crippen molar-refractivity contribution in [3.8, 4) is 5.75 Å². The van der Waals surface area contributed by atoms with Crippen LogP contribution in [0, 0.1) is 0 Å². The number of benzene rings is 3. The molecule has 3 aromatic carbocycles. The lowest BCUT2D eigenvalue weighted by Crippen LogP contribution is -2.20. The van der Waals surface area contributed by atoms with E-state index in [1.165, 1.54) is 0 Å². The van der Waals surface area contributed by atoms with Gasteiger partial charge in [0, 0.05) is 16.1 Å². The minimum atomic E-state index is -0.154. The van der Waals surface area contributed by atoms with Gasteiger partial charge >= 0.3 is 0 Å². The van der Waals surface area contributed by atoms with E-state index in [2.05, 4.69) is 20.5 Å². The molecule has 0 aliphatic rings. The summed E-state index contributed by atoms with van der Waals surface area (Å²) < 4.78 is 7.74. The van der Waals surface area contributed by atoms with Gasteiger partial charge in [-0.05, 0) is 54.6 Å². The Bertz CT molecular complexity index is 1370. The Kier molecular flexibility index (Phi) is 5.01. The topological polar surface area (TPSA) is 84.8 Å². The first kappa shape index (κ1) is 19.1. The van der Waals surface area contributed by atoms with E-state index in [0.717, 1.165) is 21.9 Å². The fourth-order valence-corrected chi connectivity index (χ4v) is 3.58. The molecule has 31 heavy (non-hydrogen) atoms. The largest absolute Gasteiger partial charge is 0.486 e. The summed E-state index contributed by atoms with van der Waals surface area (Å²) in [7, 11) is 0. The Morgan fingerprint density at radius 3 is 2.81 bits per heavy atom. The molecule has 0 atom stereocenters. The lowest BCUT2D eigenvalue weighted by Gasteiger charge is -2.11. The van der Waals surface area contributed by atoms with Crippen LogP contribution in [0.3, 0.4) is 0 Å². The number of rotatable bonds is 6. The van der Waals surface area contributed by atoms with E-state index in [9.17, 15) is 4.79 Å². The second-order valence-corrected chi connectivity index (χ2v) is 7.50. The van der Waals surface area contributed by atoms with Crippen molar-refractivity contribution in [2.75, 3.05) is 5.32 Å². The second-order valence-electron chi connectivity index (χ2n) is 7.07. The molecule has 1 amide bonds. The van der Waals surface area contributed by atoms with Crippen LogP contribution >= 0.6 is 11.6 Å². The lowest BCUT2D eigenvalue weighted by molar-refractivity contribution is -0.116. The van der Waals surface area contributed by atoms with Crippen LogP contribution < -0.4 is 10.1 Å². The molecule has 2 heterocycles. The Hall–Kier alpha value is -3.84. The summed E-state index contributed by atoms with van der Waals surface area (Å²) in [5, 5.41) is 11.4. The number of hydrogen-bond donors (Lipinski definition) is 2. The Labute approximate surface area is 182 Å². The van der Waals surface area contributed by atoms with Crippen LogP contribution in [0.1, 0.15) is 5.82 Å². The minimum absolute atomic E-state index is 0.114. The van der Waals surface area contributed by atoms with Crippen LogP contribution in [0.2, 0.25) is 5.02 Å². The SMILES string of the molecule is O=C(Cn1c(COc2ccc(Cl)cc2)nc2ccccc21)Nc1ccc2[nH]ncc2c1. The summed E-state index contributed by atoms with van der Waals surface area (Å²) in [4.78, 5) is 17.5. The van der Waals surface area contributed by atoms with Crippen molar-refractivity contribution in [3.05, 3.63) is 83.8 Å². The van der Waals surface area contributed by atoms with Gasteiger partial charge in [-0.15, -0.1) is 0 Å². The van der Waals surface area contributed by atoms with Gasteiger partial charge in [-0.25, -0.2) is 4.98 Å². The number of imidazole rings is 1. The molecule has 0 aliphatic carbocycles. The zero-order valence-electron chi connectivity index (χ0n) is 16.4. The highest BCUT2D eigenvalue weighted by molar-refractivity contribution is 6.30. The number of para-hydroxylation sites is 2. The molecule has 7 nitrogen and oxygen atoms in total. The molecule has 2 N–H and O–H groups in total. The van der Waals surface area contributed by atoms with Gasteiger partial charge in [-0.3, -0.25) is 9.89 Å². The number of nitrogens with one attached hydrogen (secondary N) is 2. The van der Waals surface area contributed by atoms with Crippen molar-refractivity contribution in [2.45, 2.75) is 13.2 Å². The molecule has 154 valence electrons. The van der Waals surface area contributed by atoms with E-state index in [4.69, 9.17) is 16.3 Å². The first-order chi connectivity index (χ1) is 15.2. The van der Waals surface area contributed by atoms with E-state index < -0.39 is 0 Å². The van der Waals surface area contributed by atoms with Crippen molar-refractivity contribution in [1.82, 2.24) is 19.7 Å². The van der Waals surface area contributed by atoms with Gasteiger partial charge in [0.25, 0.3) is 0 Å². The molecule has 8 heteroatoms. The third kappa shape index (κ3) is 4.08. The Morgan fingerprint density at radius 1 is 1.10 bits per heavy atom. The fourth-order valence-electron chi connectivity index (χ4n) is 3.46. The summed E-state index contributed by atoms with van der Waals surface area (Å²) in [6, 6.07) is 20.5. The lowest BCUT2D eigenvalue weighted by atomic mass is 10.2. The van der Waals surface area contributed by atoms with E-state index in [-0.39, 0.29) is 19.1 Å². The second kappa shape index (κ2) is 8.12. The van der Waals surface area contributed by atoms with Gasteiger partial charge in [0.05, 0.1) is 22.7 Å². The molecule has 0 spiro atoms. The Balaban J connectivity index is 1.37. The van der Waals surface area contributed by atoms with Crippen LogP contribution in [0.4, 0.5) is 5.69 Å². The number of aromatic nitrogens is 4. The normalized spacial score (nSPS) is 11.1. The summed E-state index contributed by atoms with van der Waals surface area (Å²) in [6.45, 7) is 0.341. The first-order valence-electron chi connectivity index (χ1n) is 9.71. The van der Waals surface area contributed by atoms with Crippen LogP contribution in [0.5, 0.6) is 5.75 Å². The molecular weight excluding hydrogens is 414 g/mol. The third-order valence-electron chi connectivity index (χ3n) is 4.94. The average Bonchev–Trinajstić information content (AvgIpc) is 3.38. The van der Waals surface area contributed by atoms with Crippen molar-refractivity contribution in [1.29, 1.82) is 0 Å². The van der Waals surface area contributed by atoms with Crippen molar-refractivity contribution in [3.63, 3.8) is 0 Å². The number of amides is 1. The molecule has 0 unspecified atom stereocenters. The number of nitrogens with zero attached hydrogens (tertiary/aromatic N) is 3. The Morgan fingerprint density at radius 2 is 1.94 bits per heavy atom. The van der Waals surface area contributed by atoms with Gasteiger partial charge in [0.2, 0.25) is 5.91 Å². The number of aromatic amines is 1. The quantitative estimate of drug-likeness (QED) is 0.405. The fraction of sp³-hybridized carbons (Fsp3) is 0.0870. The van der Waals surface area contributed by atoms with Crippen molar-refractivity contribution < 1.29 is 9.53 Å². The summed E-state index contributed by atoms with van der Waals surface area (Å²) in [5.41, 5.74) is 3.31. The zero-order chi connectivity index (χ0) is 21.2. The highest BCUT2D eigenvalue weighted by atomic mass is 35.5. The van der Waals surface area contributed by atoms with Crippen LogP contribution in [0.15, 0.2) is 72.9 Å². The third-order valence-corrected chi connectivity index (χ3v) is 5.19. The first-order valence-corrected chi connectivity index (χ1v) is 10.1.